The summed E-state index contributed by atoms with van der Waals surface area (Å²) in [5, 5.41) is 5.47. The largest absolute Gasteiger partial charge is 0.494 e. The van der Waals surface area contributed by atoms with Crippen LogP contribution in [0.4, 0.5) is 0 Å². The van der Waals surface area contributed by atoms with Crippen LogP contribution in [0, 0.1) is 0 Å². The molecule has 0 atom stereocenters. The second kappa shape index (κ2) is 9.09. The molecular formula is C23H23N3O3S. The molecule has 4 rings (SSSR count). The van der Waals surface area contributed by atoms with E-state index < -0.39 is 0 Å². The minimum absolute atomic E-state index is 0.350. The molecular weight excluding hydrogens is 398 g/mol. The average molecular weight is 422 g/mol. The van der Waals surface area contributed by atoms with Crippen molar-refractivity contribution in [3.8, 4) is 27.6 Å². The second-order valence-electron chi connectivity index (χ2n) is 6.91. The van der Waals surface area contributed by atoms with Gasteiger partial charge in [-0.2, -0.15) is 5.10 Å². The molecule has 0 unspecified atom stereocenters. The van der Waals surface area contributed by atoms with Crippen molar-refractivity contribution in [1.29, 1.82) is 0 Å². The van der Waals surface area contributed by atoms with E-state index in [0.29, 0.717) is 5.56 Å². The first-order valence-corrected chi connectivity index (χ1v) is 10.8. The van der Waals surface area contributed by atoms with Crippen molar-refractivity contribution in [2.24, 2.45) is 0 Å². The predicted octanol–water partition coefficient (Wildman–Crippen LogP) is 5.48. The van der Waals surface area contributed by atoms with Crippen LogP contribution in [0.3, 0.4) is 0 Å². The molecule has 7 heteroatoms. The highest BCUT2D eigenvalue weighted by atomic mass is 32.1. The quantitative estimate of drug-likeness (QED) is 0.278. The van der Waals surface area contributed by atoms with Crippen LogP contribution in [0.1, 0.15) is 36.5 Å². The number of esters is 1. The van der Waals surface area contributed by atoms with Crippen LogP contribution in [-0.4, -0.2) is 34.3 Å². The van der Waals surface area contributed by atoms with Crippen LogP contribution in [0.15, 0.2) is 54.7 Å². The molecule has 0 saturated carbocycles. The fourth-order valence-corrected chi connectivity index (χ4v) is 3.97. The summed E-state index contributed by atoms with van der Waals surface area (Å²) in [6, 6.07) is 15.2. The lowest BCUT2D eigenvalue weighted by molar-refractivity contribution is 0.0601. The Morgan fingerprint density at radius 3 is 2.43 bits per heavy atom. The van der Waals surface area contributed by atoms with Gasteiger partial charge in [0.1, 0.15) is 10.8 Å². The molecule has 0 saturated heterocycles. The zero-order valence-electron chi connectivity index (χ0n) is 17.0. The maximum Gasteiger partial charge on any atom is 0.337 e. The molecule has 0 aliphatic rings. The molecule has 0 spiro atoms. The smallest absolute Gasteiger partial charge is 0.337 e. The van der Waals surface area contributed by atoms with Gasteiger partial charge in [-0.3, -0.25) is 0 Å². The number of nitrogens with zero attached hydrogens (tertiary/aromatic N) is 3. The maximum absolute atomic E-state index is 11.6. The van der Waals surface area contributed by atoms with Crippen molar-refractivity contribution >= 4 is 22.3 Å². The number of hydrogen-bond donors (Lipinski definition) is 0. The van der Waals surface area contributed by atoms with Crippen molar-refractivity contribution in [2.45, 2.75) is 26.2 Å². The van der Waals surface area contributed by atoms with Gasteiger partial charge >= 0.3 is 5.97 Å². The van der Waals surface area contributed by atoms with Crippen molar-refractivity contribution in [2.75, 3.05) is 13.7 Å². The molecule has 154 valence electrons. The zero-order valence-corrected chi connectivity index (χ0v) is 17.8. The summed E-state index contributed by atoms with van der Waals surface area (Å²) in [6.45, 7) is 2.93. The van der Waals surface area contributed by atoms with Crippen LogP contribution >= 0.6 is 11.3 Å². The molecule has 0 bridgehead atoms. The molecule has 0 fully saturated rings. The summed E-state index contributed by atoms with van der Waals surface area (Å²) >= 11 is 1.50. The monoisotopic (exact) mass is 421 g/mol. The molecule has 30 heavy (non-hydrogen) atoms. The van der Waals surface area contributed by atoms with Gasteiger partial charge in [0.05, 0.1) is 31.2 Å². The van der Waals surface area contributed by atoms with Crippen molar-refractivity contribution in [1.82, 2.24) is 14.6 Å². The summed E-state index contributed by atoms with van der Waals surface area (Å²) in [5.41, 5.74) is 3.35. The first-order chi connectivity index (χ1) is 14.7. The third-order valence-electron chi connectivity index (χ3n) is 4.76. The minimum atomic E-state index is -0.350. The highest BCUT2D eigenvalue weighted by Crippen LogP contribution is 2.29. The van der Waals surface area contributed by atoms with E-state index in [1.54, 1.807) is 16.6 Å². The minimum Gasteiger partial charge on any atom is -0.494 e. The maximum atomic E-state index is 11.6. The molecule has 2 heterocycles. The summed E-state index contributed by atoms with van der Waals surface area (Å²) in [5.74, 6) is 0.532. The number of methoxy groups -OCH3 is 1. The topological polar surface area (TPSA) is 65.7 Å². The van der Waals surface area contributed by atoms with Gasteiger partial charge in [-0.25, -0.2) is 14.3 Å². The first kappa shape index (κ1) is 20.1. The fourth-order valence-electron chi connectivity index (χ4n) is 3.09. The lowest BCUT2D eigenvalue weighted by Crippen LogP contribution is -2.00. The van der Waals surface area contributed by atoms with Crippen molar-refractivity contribution < 1.29 is 14.3 Å². The van der Waals surface area contributed by atoms with Gasteiger partial charge in [-0.1, -0.05) is 43.2 Å². The van der Waals surface area contributed by atoms with Crippen LogP contribution in [-0.2, 0) is 4.74 Å². The number of imidazole rings is 1. The number of carbonyl (C=O) groups excluding carboxylic acids is 1. The SMILES string of the molecule is CCCCCOc1ccc(-c2cn3nc(-c4ccc(C(=O)OC)cc4)sc3n2)cc1. The standard InChI is InChI=1S/C23H23N3O3S/c1-3-4-5-14-29-19-12-10-16(11-13-19)20-15-26-23(24-20)30-21(25-26)17-6-8-18(9-7-17)22(27)28-2/h6-13,15H,3-5,14H2,1-2H3. The molecule has 0 radical (unpaired) electrons. The van der Waals surface area contributed by atoms with E-state index >= 15 is 0 Å². The fraction of sp³-hybridized carbons (Fsp3) is 0.261. The number of carbonyl (C=O) groups is 1. The van der Waals surface area contributed by atoms with E-state index in [1.165, 1.54) is 31.3 Å². The number of unbranched alkanes of at least 4 members (excludes halogenated alkanes) is 2. The molecule has 2 aromatic heterocycles. The van der Waals surface area contributed by atoms with E-state index in [9.17, 15) is 4.79 Å². The lowest BCUT2D eigenvalue weighted by atomic mass is 10.1. The van der Waals surface area contributed by atoms with Gasteiger partial charge < -0.3 is 9.47 Å². The number of rotatable bonds is 8. The van der Waals surface area contributed by atoms with E-state index in [-0.39, 0.29) is 5.97 Å². The van der Waals surface area contributed by atoms with Gasteiger partial charge in [-0.15, -0.1) is 0 Å². The van der Waals surface area contributed by atoms with Crippen LogP contribution < -0.4 is 4.74 Å². The number of hydrogen-bond acceptors (Lipinski definition) is 6. The van der Waals surface area contributed by atoms with Gasteiger partial charge in [0, 0.05) is 11.1 Å². The Hall–Kier alpha value is -3.19. The van der Waals surface area contributed by atoms with Gasteiger partial charge in [0.25, 0.3) is 0 Å². The molecule has 0 aliphatic heterocycles. The first-order valence-electron chi connectivity index (χ1n) is 9.96. The van der Waals surface area contributed by atoms with Crippen molar-refractivity contribution in [3.63, 3.8) is 0 Å². The molecule has 0 amide bonds. The number of ether oxygens (including phenoxy) is 2. The van der Waals surface area contributed by atoms with E-state index in [0.717, 1.165) is 45.6 Å². The molecule has 0 N–H and O–H groups in total. The summed E-state index contributed by atoms with van der Waals surface area (Å²) in [7, 11) is 1.37. The van der Waals surface area contributed by atoms with E-state index in [4.69, 9.17) is 14.5 Å². The molecule has 4 aromatic rings. The normalized spacial score (nSPS) is 11.0. The number of fused-ring (bicyclic) bond motifs is 1. The lowest BCUT2D eigenvalue weighted by Gasteiger charge is -2.06. The Morgan fingerprint density at radius 1 is 1.03 bits per heavy atom. The highest BCUT2D eigenvalue weighted by molar-refractivity contribution is 7.19. The Kier molecular flexibility index (Phi) is 6.09. The van der Waals surface area contributed by atoms with Gasteiger partial charge in [0.2, 0.25) is 4.96 Å². The molecule has 2 aromatic carbocycles. The summed E-state index contributed by atoms with van der Waals surface area (Å²) < 4.78 is 12.3. The zero-order chi connectivity index (χ0) is 20.9. The Labute approximate surface area is 179 Å². The van der Waals surface area contributed by atoms with Crippen LogP contribution in [0.25, 0.3) is 26.8 Å². The second-order valence-corrected chi connectivity index (χ2v) is 7.87. The van der Waals surface area contributed by atoms with E-state index in [2.05, 4.69) is 12.0 Å². The molecule has 0 aliphatic carbocycles. The predicted molar refractivity (Wildman–Crippen MR) is 118 cm³/mol. The summed E-state index contributed by atoms with van der Waals surface area (Å²) in [4.78, 5) is 17.1. The van der Waals surface area contributed by atoms with E-state index in [1.807, 2.05) is 42.6 Å². The third-order valence-corrected chi connectivity index (χ3v) is 5.73. The number of aromatic nitrogens is 3. The van der Waals surface area contributed by atoms with Crippen LogP contribution in [0.5, 0.6) is 5.75 Å². The Bertz CT molecular complexity index is 1100. The Balaban J connectivity index is 1.47. The van der Waals surface area contributed by atoms with Crippen molar-refractivity contribution in [3.05, 3.63) is 60.3 Å². The Morgan fingerprint density at radius 2 is 1.77 bits per heavy atom. The van der Waals surface area contributed by atoms with Gasteiger partial charge in [-0.05, 0) is 42.8 Å². The average Bonchev–Trinajstić information content (AvgIpc) is 3.36. The van der Waals surface area contributed by atoms with Gasteiger partial charge in [0.15, 0.2) is 0 Å². The van der Waals surface area contributed by atoms with Crippen LogP contribution in [0.2, 0.25) is 0 Å². The highest BCUT2D eigenvalue weighted by Gasteiger charge is 2.12. The summed E-state index contributed by atoms with van der Waals surface area (Å²) in [6.07, 6.45) is 5.38. The third kappa shape index (κ3) is 4.36. The number of benzene rings is 2. The molecule has 6 nitrogen and oxygen atoms in total.